The SMILES string of the molecule is CCCCC[SiH](CCCCC)C(OCC)SSSC(OCC)[SiH](CCCCC)CCCCC. The van der Waals surface area contributed by atoms with E-state index < -0.39 is 17.6 Å². The van der Waals surface area contributed by atoms with Crippen LogP contribution < -0.4 is 0 Å². The Labute approximate surface area is 223 Å². The van der Waals surface area contributed by atoms with Gasteiger partial charge in [0.1, 0.15) is 0 Å². The third-order valence-electron chi connectivity index (χ3n) is 6.41. The first-order valence-corrected chi connectivity index (χ1v) is 22.6. The minimum atomic E-state index is -0.902. The van der Waals surface area contributed by atoms with Gasteiger partial charge < -0.3 is 9.47 Å². The van der Waals surface area contributed by atoms with Crippen molar-refractivity contribution < 1.29 is 9.47 Å². The van der Waals surface area contributed by atoms with Crippen LogP contribution in [0.4, 0.5) is 0 Å². The Morgan fingerprint density at radius 2 is 0.788 bits per heavy atom. The second-order valence-corrected chi connectivity index (χ2v) is 21.2. The quantitative estimate of drug-likeness (QED) is 0.0457. The maximum Gasteiger partial charge on any atom is 0.0987 e. The number of ether oxygens (including phenoxy) is 2. The van der Waals surface area contributed by atoms with Gasteiger partial charge in [0.2, 0.25) is 0 Å². The summed E-state index contributed by atoms with van der Waals surface area (Å²) in [5.41, 5.74) is 0. The van der Waals surface area contributed by atoms with Gasteiger partial charge in [0.15, 0.2) is 0 Å². The summed E-state index contributed by atoms with van der Waals surface area (Å²) in [6, 6.07) is 5.84. The highest BCUT2D eigenvalue weighted by atomic mass is 33.5. The molecule has 0 aromatic rings. The Morgan fingerprint density at radius 1 is 0.485 bits per heavy atom. The van der Waals surface area contributed by atoms with Crippen molar-refractivity contribution >= 4 is 49.0 Å². The monoisotopic (exact) mass is 554 g/mol. The van der Waals surface area contributed by atoms with Crippen LogP contribution in [0.5, 0.6) is 0 Å². The van der Waals surface area contributed by atoms with Gasteiger partial charge in [-0.25, -0.2) is 0 Å². The average Bonchev–Trinajstić information content (AvgIpc) is 2.81. The first kappa shape index (κ1) is 34.4. The summed E-state index contributed by atoms with van der Waals surface area (Å²) in [4.78, 5) is 0. The second-order valence-electron chi connectivity index (χ2n) is 9.41. The summed E-state index contributed by atoms with van der Waals surface area (Å²) >= 11 is 0. The minimum absolute atomic E-state index is 0.462. The maximum absolute atomic E-state index is 6.39. The van der Waals surface area contributed by atoms with Crippen LogP contribution >= 0.6 is 31.4 Å². The van der Waals surface area contributed by atoms with E-state index in [0.717, 1.165) is 13.2 Å². The molecule has 0 aliphatic rings. The molecule has 2 nitrogen and oxygen atoms in total. The summed E-state index contributed by atoms with van der Waals surface area (Å²) in [7, 11) is 4.33. The normalized spacial score (nSPS) is 13.8. The zero-order chi connectivity index (χ0) is 24.6. The van der Waals surface area contributed by atoms with Crippen LogP contribution in [0.1, 0.15) is 119 Å². The molecular formula is C26H58O2S3Si2. The van der Waals surface area contributed by atoms with Gasteiger partial charge in [0.25, 0.3) is 0 Å². The van der Waals surface area contributed by atoms with Crippen molar-refractivity contribution in [1.82, 2.24) is 0 Å². The van der Waals surface area contributed by atoms with Crippen LogP contribution in [0.3, 0.4) is 0 Å². The first-order chi connectivity index (χ1) is 16.2. The van der Waals surface area contributed by atoms with E-state index in [9.17, 15) is 0 Å². The predicted molar refractivity (Wildman–Crippen MR) is 165 cm³/mol. The molecule has 7 heteroatoms. The number of hydrogen-bond donors (Lipinski definition) is 0. The van der Waals surface area contributed by atoms with E-state index in [1.165, 1.54) is 101 Å². The zero-order valence-corrected chi connectivity index (χ0v) is 27.8. The van der Waals surface area contributed by atoms with Crippen molar-refractivity contribution in [1.29, 1.82) is 0 Å². The largest absolute Gasteiger partial charge is 0.371 e. The molecule has 0 aromatic heterocycles. The lowest BCUT2D eigenvalue weighted by atomic mass is 10.3. The number of hydrogen-bond acceptors (Lipinski definition) is 5. The molecule has 2 unspecified atom stereocenters. The van der Waals surface area contributed by atoms with Crippen molar-refractivity contribution in [3.05, 3.63) is 0 Å². The highest BCUT2D eigenvalue weighted by molar-refractivity contribution is 9.09. The fourth-order valence-corrected chi connectivity index (χ4v) is 21.7. The van der Waals surface area contributed by atoms with Gasteiger partial charge in [0.05, 0.1) is 27.7 Å². The summed E-state index contributed by atoms with van der Waals surface area (Å²) < 4.78 is 12.8. The maximum atomic E-state index is 6.39. The number of rotatable bonds is 26. The molecule has 0 bridgehead atoms. The van der Waals surface area contributed by atoms with Crippen LogP contribution in [0, 0.1) is 0 Å². The highest BCUT2D eigenvalue weighted by Crippen LogP contribution is 2.44. The van der Waals surface area contributed by atoms with Gasteiger partial charge in [-0.05, 0) is 23.7 Å². The average molecular weight is 555 g/mol. The Morgan fingerprint density at radius 3 is 1.03 bits per heavy atom. The molecule has 0 spiro atoms. The zero-order valence-electron chi connectivity index (χ0n) is 23.1. The summed E-state index contributed by atoms with van der Waals surface area (Å²) in [5.74, 6) is 0. The van der Waals surface area contributed by atoms with E-state index in [4.69, 9.17) is 9.47 Å². The topological polar surface area (TPSA) is 18.5 Å². The minimum Gasteiger partial charge on any atom is -0.371 e. The van der Waals surface area contributed by atoms with Crippen LogP contribution in [0.15, 0.2) is 0 Å². The van der Waals surface area contributed by atoms with Gasteiger partial charge >= 0.3 is 0 Å². The fraction of sp³-hybridized carbons (Fsp3) is 1.00. The molecule has 0 saturated carbocycles. The molecule has 0 amide bonds. The molecule has 0 fully saturated rings. The van der Waals surface area contributed by atoms with Crippen LogP contribution in [-0.2, 0) is 9.47 Å². The molecule has 0 N–H and O–H groups in total. The molecule has 0 rings (SSSR count). The van der Waals surface area contributed by atoms with Crippen LogP contribution in [0.2, 0.25) is 24.2 Å². The van der Waals surface area contributed by atoms with E-state index in [1.807, 2.05) is 9.83 Å². The van der Waals surface area contributed by atoms with E-state index in [-0.39, 0.29) is 0 Å². The van der Waals surface area contributed by atoms with E-state index >= 15 is 0 Å². The third-order valence-corrected chi connectivity index (χ3v) is 21.1. The van der Waals surface area contributed by atoms with Gasteiger partial charge in [-0.3, -0.25) is 0 Å². The molecule has 0 heterocycles. The van der Waals surface area contributed by atoms with Gasteiger partial charge in [0, 0.05) is 13.2 Å². The van der Waals surface area contributed by atoms with E-state index in [1.54, 1.807) is 0 Å². The highest BCUT2D eigenvalue weighted by Gasteiger charge is 2.27. The molecule has 0 aliphatic heterocycles. The lowest BCUT2D eigenvalue weighted by Gasteiger charge is -2.28. The van der Waals surface area contributed by atoms with Crippen molar-refractivity contribution in [3.8, 4) is 0 Å². The number of unbranched alkanes of at least 4 members (excludes halogenated alkanes) is 8. The van der Waals surface area contributed by atoms with Gasteiger partial charge in [-0.15, -0.1) is 0 Å². The Hall–Kier alpha value is 1.40. The van der Waals surface area contributed by atoms with Crippen molar-refractivity contribution in [2.75, 3.05) is 13.2 Å². The standard InChI is InChI=1S/C26H58O2S3Si2/c1-7-13-17-21-32(22-18-14-8-2)25(27-11-5)29-31-30-26(28-12-6)33(23-19-15-9-3)24-20-16-10-4/h25-26,32-33H,7-24H2,1-6H3. The summed E-state index contributed by atoms with van der Waals surface area (Å²) in [6.45, 7) is 15.4. The lowest BCUT2D eigenvalue weighted by molar-refractivity contribution is 0.168. The van der Waals surface area contributed by atoms with E-state index in [2.05, 4.69) is 63.1 Å². The Bertz CT molecular complexity index is 341. The molecule has 0 aliphatic carbocycles. The third kappa shape index (κ3) is 19.2. The molecule has 0 aromatic carbocycles. The van der Waals surface area contributed by atoms with Crippen molar-refractivity contribution in [2.45, 2.75) is 153 Å². The molecular weight excluding hydrogens is 497 g/mol. The van der Waals surface area contributed by atoms with Crippen molar-refractivity contribution in [3.63, 3.8) is 0 Å². The van der Waals surface area contributed by atoms with Gasteiger partial charge in [-0.2, -0.15) is 0 Å². The summed E-state index contributed by atoms with van der Waals surface area (Å²) in [5, 5.41) is 0.924. The van der Waals surface area contributed by atoms with E-state index in [0.29, 0.717) is 10.1 Å². The Kier molecular flexibility index (Phi) is 27.6. The predicted octanol–water partition coefficient (Wildman–Crippen LogP) is 10.0. The molecule has 2 atom stereocenters. The van der Waals surface area contributed by atoms with Crippen LogP contribution in [-0.4, -0.2) is 40.9 Å². The Balaban J connectivity index is 4.97. The van der Waals surface area contributed by atoms with Gasteiger partial charge in [-0.1, -0.05) is 151 Å². The van der Waals surface area contributed by atoms with Crippen molar-refractivity contribution in [2.24, 2.45) is 0 Å². The molecule has 33 heavy (non-hydrogen) atoms. The van der Waals surface area contributed by atoms with Crippen LogP contribution in [0.25, 0.3) is 0 Å². The second kappa shape index (κ2) is 26.5. The summed E-state index contributed by atoms with van der Waals surface area (Å²) in [6.07, 6.45) is 16.5. The molecule has 0 saturated heterocycles. The fourth-order valence-electron chi connectivity index (χ4n) is 4.37. The molecule has 200 valence electrons. The molecule has 0 radical (unpaired) electrons. The first-order valence-electron chi connectivity index (χ1n) is 14.4. The lowest BCUT2D eigenvalue weighted by Crippen LogP contribution is -2.31. The smallest absolute Gasteiger partial charge is 0.0987 e.